The van der Waals surface area contributed by atoms with Gasteiger partial charge in [-0.05, 0) is 31.9 Å². The Hall–Kier alpha value is -1.34. The van der Waals surface area contributed by atoms with Crippen molar-refractivity contribution in [3.63, 3.8) is 0 Å². The minimum Gasteiger partial charge on any atom is -0.373 e. The maximum absolute atomic E-state index is 6.13. The number of hydrogen-bond acceptors (Lipinski definition) is 6. The lowest BCUT2D eigenvalue weighted by Gasteiger charge is -2.38. The number of nitrogens with zero attached hydrogens (tertiary/aromatic N) is 3. The van der Waals surface area contributed by atoms with Gasteiger partial charge in [0.05, 0.1) is 41.8 Å². The molecule has 1 aliphatic heterocycles. The Labute approximate surface area is 146 Å². The number of fused-ring (bicyclic) bond motifs is 1. The van der Waals surface area contributed by atoms with E-state index < -0.39 is 0 Å². The van der Waals surface area contributed by atoms with Crippen molar-refractivity contribution >= 4 is 11.3 Å². The van der Waals surface area contributed by atoms with Crippen molar-refractivity contribution in [2.75, 3.05) is 13.2 Å². The van der Waals surface area contributed by atoms with Crippen LogP contribution in [-0.4, -0.2) is 46.3 Å². The molecule has 2 aromatic heterocycles. The van der Waals surface area contributed by atoms with Crippen molar-refractivity contribution in [2.45, 2.75) is 51.2 Å². The van der Waals surface area contributed by atoms with Crippen molar-refractivity contribution in [1.82, 2.24) is 14.9 Å². The van der Waals surface area contributed by atoms with Crippen LogP contribution in [0, 0.1) is 6.92 Å². The fourth-order valence-electron chi connectivity index (χ4n) is 3.73. The van der Waals surface area contributed by atoms with Gasteiger partial charge in [-0.15, -0.1) is 11.3 Å². The van der Waals surface area contributed by atoms with Crippen LogP contribution in [0.15, 0.2) is 29.8 Å². The van der Waals surface area contributed by atoms with Gasteiger partial charge < -0.3 is 9.47 Å². The first-order valence-electron chi connectivity index (χ1n) is 8.58. The normalized spacial score (nSPS) is 27.3. The van der Waals surface area contributed by atoms with Crippen LogP contribution in [0.1, 0.15) is 29.2 Å². The molecule has 0 aromatic carbocycles. The smallest absolute Gasteiger partial charge is 0.0992 e. The number of aryl methyl sites for hydroxylation is 1. The molecule has 5 nitrogen and oxygen atoms in total. The summed E-state index contributed by atoms with van der Waals surface area (Å²) < 4.78 is 12.2. The maximum atomic E-state index is 6.13. The average molecular weight is 345 g/mol. The summed E-state index contributed by atoms with van der Waals surface area (Å²) in [4.78, 5) is 11.5. The lowest BCUT2D eigenvalue weighted by atomic mass is 10.1. The van der Waals surface area contributed by atoms with Crippen LogP contribution in [0.4, 0.5) is 0 Å². The van der Waals surface area contributed by atoms with E-state index in [1.54, 1.807) is 11.3 Å². The van der Waals surface area contributed by atoms with Crippen LogP contribution in [0.2, 0.25) is 0 Å². The van der Waals surface area contributed by atoms with E-state index in [2.05, 4.69) is 27.2 Å². The number of morpholine rings is 1. The number of pyridine rings is 1. The van der Waals surface area contributed by atoms with Crippen molar-refractivity contribution in [2.24, 2.45) is 0 Å². The Bertz CT molecular complexity index is 663. The van der Waals surface area contributed by atoms with Crippen molar-refractivity contribution in [3.05, 3.63) is 46.2 Å². The zero-order valence-electron chi connectivity index (χ0n) is 13.9. The first kappa shape index (κ1) is 16.1. The summed E-state index contributed by atoms with van der Waals surface area (Å²) in [5.41, 5.74) is 2.16. The summed E-state index contributed by atoms with van der Waals surface area (Å²) in [7, 11) is 0. The van der Waals surface area contributed by atoms with Gasteiger partial charge in [0.2, 0.25) is 0 Å². The molecule has 0 unspecified atom stereocenters. The monoisotopic (exact) mass is 345 g/mol. The molecule has 1 saturated heterocycles. The molecule has 1 saturated carbocycles. The van der Waals surface area contributed by atoms with Gasteiger partial charge >= 0.3 is 0 Å². The third kappa shape index (κ3) is 3.52. The standard InChI is InChI=1S/C18H23N3O2S/c1-13-20-15(12-24-13)10-21-8-9-22-18-16(21)5-6-17(18)23-11-14-4-2-3-7-19-14/h2-4,7,12,16-18H,5-6,8-11H2,1H3/t16-,17+,18+/m0/s1. The third-order valence-electron chi connectivity index (χ3n) is 4.85. The fourth-order valence-corrected chi connectivity index (χ4v) is 4.34. The van der Waals surface area contributed by atoms with E-state index in [1.807, 2.05) is 24.4 Å². The van der Waals surface area contributed by atoms with E-state index in [0.717, 1.165) is 43.2 Å². The molecule has 6 heteroatoms. The summed E-state index contributed by atoms with van der Waals surface area (Å²) >= 11 is 1.72. The molecule has 0 spiro atoms. The minimum atomic E-state index is 0.164. The molecule has 0 bridgehead atoms. The predicted molar refractivity (Wildman–Crippen MR) is 92.8 cm³/mol. The van der Waals surface area contributed by atoms with E-state index >= 15 is 0 Å². The van der Waals surface area contributed by atoms with Gasteiger partial charge in [0.15, 0.2) is 0 Å². The molecule has 0 amide bonds. The fraction of sp³-hybridized carbons (Fsp3) is 0.556. The first-order valence-corrected chi connectivity index (χ1v) is 9.46. The van der Waals surface area contributed by atoms with Crippen LogP contribution in [0.3, 0.4) is 0 Å². The van der Waals surface area contributed by atoms with Crippen LogP contribution in [0.5, 0.6) is 0 Å². The zero-order chi connectivity index (χ0) is 16.4. The highest BCUT2D eigenvalue weighted by Gasteiger charge is 2.43. The van der Waals surface area contributed by atoms with Gasteiger partial charge in [-0.3, -0.25) is 9.88 Å². The van der Waals surface area contributed by atoms with Gasteiger partial charge in [0.25, 0.3) is 0 Å². The van der Waals surface area contributed by atoms with Gasteiger partial charge in [-0.25, -0.2) is 4.98 Å². The largest absolute Gasteiger partial charge is 0.373 e. The number of ether oxygens (including phenoxy) is 2. The lowest BCUT2D eigenvalue weighted by Crippen LogP contribution is -2.51. The van der Waals surface area contributed by atoms with Crippen LogP contribution in [0.25, 0.3) is 0 Å². The maximum Gasteiger partial charge on any atom is 0.0992 e. The number of aromatic nitrogens is 2. The molecule has 3 atom stereocenters. The van der Waals surface area contributed by atoms with Gasteiger partial charge in [0, 0.05) is 30.7 Å². The molecule has 128 valence electrons. The molecule has 2 fully saturated rings. The van der Waals surface area contributed by atoms with Gasteiger partial charge in [0.1, 0.15) is 0 Å². The molecular weight excluding hydrogens is 322 g/mol. The van der Waals surface area contributed by atoms with E-state index in [1.165, 1.54) is 5.69 Å². The molecule has 4 rings (SSSR count). The molecule has 3 heterocycles. The van der Waals surface area contributed by atoms with Crippen molar-refractivity contribution < 1.29 is 9.47 Å². The van der Waals surface area contributed by atoms with Crippen LogP contribution >= 0.6 is 11.3 Å². The molecule has 0 N–H and O–H groups in total. The second-order valence-corrected chi connectivity index (χ2v) is 7.54. The SMILES string of the molecule is Cc1nc(CN2CCO[C@H]3[C@H](OCc4ccccn4)CC[C@@H]32)cs1. The second-order valence-electron chi connectivity index (χ2n) is 6.48. The Morgan fingerprint density at radius 1 is 1.33 bits per heavy atom. The van der Waals surface area contributed by atoms with Crippen LogP contribution < -0.4 is 0 Å². The van der Waals surface area contributed by atoms with E-state index in [-0.39, 0.29) is 12.2 Å². The summed E-state index contributed by atoms with van der Waals surface area (Å²) in [6.45, 7) is 5.29. The zero-order valence-corrected chi connectivity index (χ0v) is 14.7. The summed E-state index contributed by atoms with van der Waals surface area (Å²) in [6, 6.07) is 6.37. The molecule has 1 aliphatic carbocycles. The summed E-state index contributed by atoms with van der Waals surface area (Å²) in [5, 5.41) is 3.31. The Kier molecular flexibility index (Phi) is 4.89. The lowest BCUT2D eigenvalue weighted by molar-refractivity contribution is -0.119. The number of hydrogen-bond donors (Lipinski definition) is 0. The third-order valence-corrected chi connectivity index (χ3v) is 5.68. The molecule has 2 aliphatic rings. The summed E-state index contributed by atoms with van der Waals surface area (Å²) in [5.74, 6) is 0. The molecule has 2 aromatic rings. The Balaban J connectivity index is 1.37. The highest BCUT2D eigenvalue weighted by atomic mass is 32.1. The van der Waals surface area contributed by atoms with Gasteiger partial charge in [-0.2, -0.15) is 0 Å². The molecular formula is C18H23N3O2S. The topological polar surface area (TPSA) is 47.5 Å². The molecule has 0 radical (unpaired) electrons. The second kappa shape index (κ2) is 7.27. The van der Waals surface area contributed by atoms with Crippen molar-refractivity contribution in [1.29, 1.82) is 0 Å². The van der Waals surface area contributed by atoms with E-state index in [9.17, 15) is 0 Å². The molecule has 24 heavy (non-hydrogen) atoms. The first-order chi connectivity index (χ1) is 11.8. The van der Waals surface area contributed by atoms with E-state index in [0.29, 0.717) is 12.6 Å². The van der Waals surface area contributed by atoms with Crippen molar-refractivity contribution in [3.8, 4) is 0 Å². The van der Waals surface area contributed by atoms with Gasteiger partial charge in [-0.1, -0.05) is 6.07 Å². The van der Waals surface area contributed by atoms with E-state index in [4.69, 9.17) is 9.47 Å². The van der Waals surface area contributed by atoms with Crippen LogP contribution in [-0.2, 0) is 22.6 Å². The quantitative estimate of drug-likeness (QED) is 0.834. The minimum absolute atomic E-state index is 0.164. The average Bonchev–Trinajstić information content (AvgIpc) is 3.21. The number of rotatable bonds is 5. The Morgan fingerprint density at radius 2 is 2.29 bits per heavy atom. The Morgan fingerprint density at radius 3 is 3.08 bits per heavy atom. The predicted octanol–water partition coefficient (Wildman–Crippen LogP) is 2.80. The highest BCUT2D eigenvalue weighted by molar-refractivity contribution is 7.09. The highest BCUT2D eigenvalue weighted by Crippen LogP contribution is 2.33. The summed E-state index contributed by atoms with van der Waals surface area (Å²) in [6.07, 6.45) is 4.32. The number of thiazole rings is 1.